The number of halogens is 1. The van der Waals surface area contributed by atoms with Gasteiger partial charge in [-0.1, -0.05) is 23.8 Å². The molecule has 0 radical (unpaired) electrons. The summed E-state index contributed by atoms with van der Waals surface area (Å²) >= 11 is 5.68. The zero-order valence-corrected chi connectivity index (χ0v) is 9.74. The first kappa shape index (κ1) is 11.0. The summed E-state index contributed by atoms with van der Waals surface area (Å²) in [7, 11) is 0. The summed E-state index contributed by atoms with van der Waals surface area (Å²) in [5.41, 5.74) is 2.19. The van der Waals surface area contributed by atoms with Gasteiger partial charge in [0, 0.05) is 18.1 Å². The summed E-state index contributed by atoms with van der Waals surface area (Å²) in [6.07, 6.45) is 1.72. The molecule has 0 saturated heterocycles. The van der Waals surface area contributed by atoms with Gasteiger partial charge in [-0.15, -0.1) is 11.6 Å². The third kappa shape index (κ3) is 2.74. The average molecular weight is 234 g/mol. The lowest BCUT2D eigenvalue weighted by atomic mass is 10.2. The zero-order valence-electron chi connectivity index (χ0n) is 8.98. The van der Waals surface area contributed by atoms with Crippen LogP contribution in [0.1, 0.15) is 11.1 Å². The molecule has 0 fully saturated rings. The minimum atomic E-state index is 0.470. The molecule has 3 heteroatoms. The van der Waals surface area contributed by atoms with Gasteiger partial charge in [-0.25, -0.2) is 4.98 Å². The molecule has 0 saturated carbocycles. The Hall–Kier alpha value is -1.54. The van der Waals surface area contributed by atoms with Crippen molar-refractivity contribution in [3.8, 4) is 11.6 Å². The lowest BCUT2D eigenvalue weighted by molar-refractivity contribution is 0.462. The van der Waals surface area contributed by atoms with Crippen molar-refractivity contribution in [1.29, 1.82) is 0 Å². The third-order valence-electron chi connectivity index (χ3n) is 2.20. The van der Waals surface area contributed by atoms with Crippen LogP contribution in [-0.2, 0) is 5.88 Å². The van der Waals surface area contributed by atoms with Crippen LogP contribution in [0.15, 0.2) is 42.6 Å². The molecule has 2 rings (SSSR count). The second-order valence-electron chi connectivity index (χ2n) is 3.55. The van der Waals surface area contributed by atoms with Crippen molar-refractivity contribution in [2.24, 2.45) is 0 Å². The highest BCUT2D eigenvalue weighted by atomic mass is 35.5. The molecule has 1 heterocycles. The molecule has 2 nitrogen and oxygen atoms in total. The predicted molar refractivity (Wildman–Crippen MR) is 65.0 cm³/mol. The van der Waals surface area contributed by atoms with E-state index in [0.717, 1.165) is 11.3 Å². The normalized spacial score (nSPS) is 10.1. The Kier molecular flexibility index (Phi) is 3.42. The lowest BCUT2D eigenvalue weighted by Crippen LogP contribution is -1.88. The van der Waals surface area contributed by atoms with Crippen LogP contribution < -0.4 is 4.74 Å². The van der Waals surface area contributed by atoms with Crippen molar-refractivity contribution in [2.45, 2.75) is 12.8 Å². The summed E-state index contributed by atoms with van der Waals surface area (Å²) in [5, 5.41) is 0. The van der Waals surface area contributed by atoms with Gasteiger partial charge in [0.25, 0.3) is 0 Å². The van der Waals surface area contributed by atoms with E-state index in [1.54, 1.807) is 6.20 Å². The highest BCUT2D eigenvalue weighted by Crippen LogP contribution is 2.19. The van der Waals surface area contributed by atoms with Crippen molar-refractivity contribution in [1.82, 2.24) is 4.98 Å². The number of ether oxygens (including phenoxy) is 1. The van der Waals surface area contributed by atoms with E-state index < -0.39 is 0 Å². The number of alkyl halides is 1. The molecule has 0 bridgehead atoms. The fourth-order valence-electron chi connectivity index (χ4n) is 1.28. The van der Waals surface area contributed by atoms with E-state index in [-0.39, 0.29) is 0 Å². The fraction of sp³-hybridized carbons (Fsp3) is 0.154. The number of hydrogen-bond acceptors (Lipinski definition) is 2. The lowest BCUT2D eigenvalue weighted by Gasteiger charge is -2.05. The van der Waals surface area contributed by atoms with Gasteiger partial charge < -0.3 is 4.74 Å². The van der Waals surface area contributed by atoms with Crippen LogP contribution in [0, 0.1) is 6.92 Å². The van der Waals surface area contributed by atoms with Gasteiger partial charge in [0.2, 0.25) is 5.88 Å². The molecular weight excluding hydrogens is 222 g/mol. The van der Waals surface area contributed by atoms with Crippen LogP contribution >= 0.6 is 11.6 Å². The van der Waals surface area contributed by atoms with Gasteiger partial charge in [-0.3, -0.25) is 0 Å². The number of aromatic nitrogens is 1. The molecule has 0 amide bonds. The predicted octanol–water partition coefficient (Wildman–Crippen LogP) is 3.92. The standard InChI is InChI=1S/C13H12ClNO/c1-10-2-5-12(6-3-10)16-13-7-4-11(8-14)9-15-13/h2-7,9H,8H2,1H3. The van der Waals surface area contributed by atoms with E-state index in [1.165, 1.54) is 5.56 Å². The molecule has 2 aromatic rings. The average Bonchev–Trinajstić information content (AvgIpc) is 2.33. The molecule has 82 valence electrons. The minimum Gasteiger partial charge on any atom is -0.439 e. The molecule has 0 aliphatic rings. The largest absolute Gasteiger partial charge is 0.439 e. The summed E-state index contributed by atoms with van der Waals surface area (Å²) < 4.78 is 5.58. The van der Waals surface area contributed by atoms with Crippen molar-refractivity contribution < 1.29 is 4.74 Å². The van der Waals surface area contributed by atoms with Gasteiger partial charge in [0.15, 0.2) is 0 Å². The molecule has 0 spiro atoms. The number of nitrogens with zero attached hydrogens (tertiary/aromatic N) is 1. The Labute approximate surface area is 99.9 Å². The zero-order chi connectivity index (χ0) is 11.4. The van der Waals surface area contributed by atoms with Crippen LogP contribution in [-0.4, -0.2) is 4.98 Å². The van der Waals surface area contributed by atoms with Crippen LogP contribution in [0.3, 0.4) is 0 Å². The molecular formula is C13H12ClNO. The third-order valence-corrected chi connectivity index (χ3v) is 2.50. The fourth-order valence-corrected chi connectivity index (χ4v) is 1.44. The van der Waals surface area contributed by atoms with Gasteiger partial charge in [0.05, 0.1) is 0 Å². The van der Waals surface area contributed by atoms with E-state index in [1.807, 2.05) is 43.3 Å². The van der Waals surface area contributed by atoms with Gasteiger partial charge in [0.1, 0.15) is 5.75 Å². The molecule has 0 N–H and O–H groups in total. The maximum atomic E-state index is 5.68. The highest BCUT2D eigenvalue weighted by Gasteiger charge is 1.98. The molecule has 1 aromatic heterocycles. The Balaban J connectivity index is 2.11. The summed E-state index contributed by atoms with van der Waals surface area (Å²) in [4.78, 5) is 4.16. The molecule has 16 heavy (non-hydrogen) atoms. The summed E-state index contributed by atoms with van der Waals surface area (Å²) in [6.45, 7) is 2.04. The van der Waals surface area contributed by atoms with E-state index in [2.05, 4.69) is 4.98 Å². The van der Waals surface area contributed by atoms with Crippen molar-refractivity contribution in [3.05, 3.63) is 53.7 Å². The Bertz CT molecular complexity index is 450. The molecule has 0 aliphatic heterocycles. The van der Waals surface area contributed by atoms with E-state index in [4.69, 9.17) is 16.3 Å². The number of hydrogen-bond donors (Lipinski definition) is 0. The second kappa shape index (κ2) is 4.99. The quantitative estimate of drug-likeness (QED) is 0.750. The SMILES string of the molecule is Cc1ccc(Oc2ccc(CCl)cn2)cc1. The van der Waals surface area contributed by atoms with E-state index >= 15 is 0 Å². The number of aryl methyl sites for hydroxylation is 1. The number of rotatable bonds is 3. The van der Waals surface area contributed by atoms with Crippen molar-refractivity contribution in [3.63, 3.8) is 0 Å². The first-order valence-electron chi connectivity index (χ1n) is 5.03. The Morgan fingerprint density at radius 1 is 1.12 bits per heavy atom. The summed E-state index contributed by atoms with van der Waals surface area (Å²) in [5.74, 6) is 1.84. The van der Waals surface area contributed by atoms with E-state index in [9.17, 15) is 0 Å². The topological polar surface area (TPSA) is 22.1 Å². The van der Waals surface area contributed by atoms with Crippen molar-refractivity contribution >= 4 is 11.6 Å². The molecule has 1 aromatic carbocycles. The molecule has 0 atom stereocenters. The first-order chi connectivity index (χ1) is 7.78. The van der Waals surface area contributed by atoms with Crippen LogP contribution in [0.4, 0.5) is 0 Å². The highest BCUT2D eigenvalue weighted by molar-refractivity contribution is 6.17. The van der Waals surface area contributed by atoms with Crippen LogP contribution in [0.25, 0.3) is 0 Å². The monoisotopic (exact) mass is 233 g/mol. The van der Waals surface area contributed by atoms with Crippen LogP contribution in [0.5, 0.6) is 11.6 Å². The Morgan fingerprint density at radius 2 is 1.88 bits per heavy atom. The second-order valence-corrected chi connectivity index (χ2v) is 3.82. The maximum Gasteiger partial charge on any atom is 0.219 e. The van der Waals surface area contributed by atoms with Gasteiger partial charge >= 0.3 is 0 Å². The van der Waals surface area contributed by atoms with Gasteiger partial charge in [-0.2, -0.15) is 0 Å². The smallest absolute Gasteiger partial charge is 0.219 e. The number of pyridine rings is 1. The molecule has 0 unspecified atom stereocenters. The summed E-state index contributed by atoms with van der Waals surface area (Å²) in [6, 6.07) is 11.6. The minimum absolute atomic E-state index is 0.470. The molecule has 0 aliphatic carbocycles. The van der Waals surface area contributed by atoms with E-state index in [0.29, 0.717) is 11.8 Å². The maximum absolute atomic E-state index is 5.68. The first-order valence-corrected chi connectivity index (χ1v) is 5.57. The van der Waals surface area contributed by atoms with Gasteiger partial charge in [-0.05, 0) is 24.6 Å². The van der Waals surface area contributed by atoms with Crippen molar-refractivity contribution in [2.75, 3.05) is 0 Å². The Morgan fingerprint density at radius 3 is 2.44 bits per heavy atom. The van der Waals surface area contributed by atoms with Crippen LogP contribution in [0.2, 0.25) is 0 Å². The number of benzene rings is 1.